The normalized spacial score (nSPS) is 18.3. The molecule has 208 valence electrons. The topological polar surface area (TPSA) is 68.3 Å². The molecule has 0 radical (unpaired) electrons. The minimum absolute atomic E-state index is 0.0233. The van der Waals surface area contributed by atoms with Crippen molar-refractivity contribution in [1.82, 2.24) is 9.80 Å². The molecule has 0 bridgehead atoms. The van der Waals surface area contributed by atoms with Crippen LogP contribution >= 0.6 is 11.6 Å². The number of ether oxygens (including phenoxy) is 3. The molecule has 0 unspecified atom stereocenters. The molecular formula is C23H27ClF6N2O5. The second kappa shape index (κ2) is 12.0. The SMILES string of the molecule is O=COCCCOc1cc(Cl)cc(CN2CCCC23CCN(C(=O)OC(C(F)(F)F)C(F)(F)F)CC3)c1. The van der Waals surface area contributed by atoms with Crippen LogP contribution in [-0.4, -0.2) is 79.2 Å². The number of halogens is 7. The van der Waals surface area contributed by atoms with Crippen molar-refractivity contribution in [1.29, 1.82) is 0 Å². The Balaban J connectivity index is 1.59. The largest absolute Gasteiger partial charge is 0.493 e. The lowest BCUT2D eigenvalue weighted by Gasteiger charge is -2.45. The van der Waals surface area contributed by atoms with Gasteiger partial charge in [-0.1, -0.05) is 11.6 Å². The highest BCUT2D eigenvalue weighted by Crippen LogP contribution is 2.41. The molecule has 1 spiro atoms. The minimum Gasteiger partial charge on any atom is -0.493 e. The fourth-order valence-corrected chi connectivity index (χ4v) is 5.05. The maximum Gasteiger partial charge on any atom is 0.434 e. The first-order valence-electron chi connectivity index (χ1n) is 11.7. The van der Waals surface area contributed by atoms with E-state index in [4.69, 9.17) is 16.3 Å². The predicted octanol–water partition coefficient (Wildman–Crippen LogP) is 5.34. The number of carbonyl (C=O) groups is 2. The smallest absolute Gasteiger partial charge is 0.434 e. The molecule has 2 aliphatic heterocycles. The van der Waals surface area contributed by atoms with Gasteiger partial charge in [-0.15, -0.1) is 0 Å². The lowest BCUT2D eigenvalue weighted by molar-refractivity contribution is -0.308. The lowest BCUT2D eigenvalue weighted by Crippen LogP contribution is -2.54. The molecule has 1 aromatic rings. The molecule has 0 saturated carbocycles. The first kappa shape index (κ1) is 29.2. The molecule has 0 aromatic heterocycles. The molecule has 2 heterocycles. The van der Waals surface area contributed by atoms with Gasteiger partial charge in [0.1, 0.15) is 5.75 Å². The molecule has 37 heavy (non-hydrogen) atoms. The number of nitrogens with zero attached hydrogens (tertiary/aromatic N) is 2. The van der Waals surface area contributed by atoms with E-state index in [1.807, 2.05) is 6.07 Å². The third-order valence-electron chi connectivity index (χ3n) is 6.55. The van der Waals surface area contributed by atoms with Crippen LogP contribution in [0.4, 0.5) is 31.1 Å². The average Bonchev–Trinajstić information content (AvgIpc) is 3.17. The van der Waals surface area contributed by atoms with E-state index in [9.17, 15) is 35.9 Å². The Hall–Kier alpha value is -2.41. The third-order valence-corrected chi connectivity index (χ3v) is 6.77. The lowest BCUT2D eigenvalue weighted by atomic mass is 9.85. The van der Waals surface area contributed by atoms with Crippen LogP contribution in [0.3, 0.4) is 0 Å². The number of likely N-dealkylation sites (tertiary alicyclic amines) is 2. The van der Waals surface area contributed by atoms with Crippen LogP contribution in [0.15, 0.2) is 18.2 Å². The zero-order valence-corrected chi connectivity index (χ0v) is 20.5. The number of piperidine rings is 1. The molecule has 3 rings (SSSR count). The number of hydrogen-bond acceptors (Lipinski definition) is 6. The van der Waals surface area contributed by atoms with Gasteiger partial charge in [-0.25, -0.2) is 4.79 Å². The first-order valence-corrected chi connectivity index (χ1v) is 12.0. The number of rotatable bonds is 9. The quantitative estimate of drug-likeness (QED) is 0.231. The maximum absolute atomic E-state index is 12.8. The van der Waals surface area contributed by atoms with Crippen LogP contribution in [0.25, 0.3) is 0 Å². The van der Waals surface area contributed by atoms with Crippen molar-refractivity contribution in [3.05, 3.63) is 28.8 Å². The number of alkyl halides is 6. The van der Waals surface area contributed by atoms with Gasteiger partial charge < -0.3 is 19.1 Å². The number of carbonyl (C=O) groups excluding carboxylic acids is 2. The average molecular weight is 561 g/mol. The van der Waals surface area contributed by atoms with Crippen molar-refractivity contribution in [2.24, 2.45) is 0 Å². The number of benzene rings is 1. The summed E-state index contributed by atoms with van der Waals surface area (Å²) in [4.78, 5) is 25.4. The Kier molecular flexibility index (Phi) is 9.43. The summed E-state index contributed by atoms with van der Waals surface area (Å²) in [5.74, 6) is 0.545. The highest BCUT2D eigenvalue weighted by atomic mass is 35.5. The zero-order valence-electron chi connectivity index (χ0n) is 19.7. The fraction of sp³-hybridized carbons (Fsp3) is 0.652. The van der Waals surface area contributed by atoms with Crippen molar-refractivity contribution < 1.29 is 50.1 Å². The molecule has 14 heteroatoms. The summed E-state index contributed by atoms with van der Waals surface area (Å²) in [6, 6.07) is 5.28. The van der Waals surface area contributed by atoms with E-state index in [0.29, 0.717) is 49.7 Å². The number of hydrogen-bond donors (Lipinski definition) is 0. The van der Waals surface area contributed by atoms with Gasteiger partial charge in [0.2, 0.25) is 0 Å². The van der Waals surface area contributed by atoms with Crippen LogP contribution in [0.1, 0.15) is 37.7 Å². The van der Waals surface area contributed by atoms with Gasteiger partial charge in [0, 0.05) is 36.6 Å². The molecule has 7 nitrogen and oxygen atoms in total. The van der Waals surface area contributed by atoms with Crippen LogP contribution in [0.2, 0.25) is 5.02 Å². The molecule has 0 N–H and O–H groups in total. The predicted molar refractivity (Wildman–Crippen MR) is 119 cm³/mol. The van der Waals surface area contributed by atoms with Gasteiger partial charge in [0.15, 0.2) is 0 Å². The second-order valence-corrected chi connectivity index (χ2v) is 9.48. The van der Waals surface area contributed by atoms with Crippen LogP contribution in [0, 0.1) is 0 Å². The van der Waals surface area contributed by atoms with Crippen molar-refractivity contribution in [2.45, 2.75) is 62.6 Å². The van der Waals surface area contributed by atoms with E-state index in [-0.39, 0.29) is 25.2 Å². The van der Waals surface area contributed by atoms with Crippen molar-refractivity contribution in [2.75, 3.05) is 32.8 Å². The molecule has 1 aromatic carbocycles. The number of amides is 1. The maximum atomic E-state index is 12.8. The molecule has 2 saturated heterocycles. The van der Waals surface area contributed by atoms with Crippen LogP contribution in [-0.2, 0) is 20.8 Å². The zero-order chi connectivity index (χ0) is 27.3. The van der Waals surface area contributed by atoms with Crippen molar-refractivity contribution in [3.8, 4) is 5.75 Å². The Bertz CT molecular complexity index is 923. The summed E-state index contributed by atoms with van der Waals surface area (Å²) in [6.07, 6.45) is -14.4. The highest BCUT2D eigenvalue weighted by Gasteiger charge is 2.60. The van der Waals surface area contributed by atoms with Crippen LogP contribution < -0.4 is 4.74 Å². The molecule has 0 aliphatic carbocycles. The third kappa shape index (κ3) is 7.79. The molecule has 1 amide bonds. The second-order valence-electron chi connectivity index (χ2n) is 9.05. The summed E-state index contributed by atoms with van der Waals surface area (Å²) in [6.45, 7) is 2.09. The van der Waals surface area contributed by atoms with E-state index in [2.05, 4.69) is 14.4 Å². The molecule has 2 aliphatic rings. The molecule has 2 fully saturated rings. The Labute approximate surface area is 214 Å². The van der Waals surface area contributed by atoms with E-state index in [0.717, 1.165) is 29.8 Å². The van der Waals surface area contributed by atoms with E-state index in [1.54, 1.807) is 12.1 Å². The first-order chi connectivity index (χ1) is 17.3. The Morgan fingerprint density at radius 3 is 2.32 bits per heavy atom. The van der Waals surface area contributed by atoms with Gasteiger partial charge >= 0.3 is 18.4 Å². The van der Waals surface area contributed by atoms with E-state index in [1.165, 1.54) is 0 Å². The summed E-state index contributed by atoms with van der Waals surface area (Å²) in [5.41, 5.74) is 0.521. The molecular weight excluding hydrogens is 534 g/mol. The Morgan fingerprint density at radius 1 is 1.03 bits per heavy atom. The Morgan fingerprint density at radius 2 is 1.70 bits per heavy atom. The standard InChI is InChI=1S/C23H27ClF6N2O5/c24-17-11-16(12-18(13-17)36-10-2-9-35-15-33)14-32-6-1-3-21(32)4-7-31(8-5-21)20(34)37-19(22(25,26)27)23(28,29)30/h11-13,15,19H,1-10,14H2. The van der Waals surface area contributed by atoms with Crippen molar-refractivity contribution >= 4 is 24.2 Å². The van der Waals surface area contributed by atoms with Gasteiger partial charge in [0.05, 0.1) is 13.2 Å². The summed E-state index contributed by atoms with van der Waals surface area (Å²) in [7, 11) is 0. The van der Waals surface area contributed by atoms with Crippen LogP contribution in [0.5, 0.6) is 5.75 Å². The van der Waals surface area contributed by atoms with Gasteiger partial charge in [0.25, 0.3) is 12.6 Å². The van der Waals surface area contributed by atoms with Gasteiger partial charge in [-0.05, 0) is 56.0 Å². The monoisotopic (exact) mass is 560 g/mol. The van der Waals surface area contributed by atoms with E-state index >= 15 is 0 Å². The van der Waals surface area contributed by atoms with Gasteiger partial charge in [-0.3, -0.25) is 9.69 Å². The minimum atomic E-state index is -5.75. The van der Waals surface area contributed by atoms with Crippen molar-refractivity contribution in [3.63, 3.8) is 0 Å². The summed E-state index contributed by atoms with van der Waals surface area (Å²) in [5, 5.41) is 0.464. The fourth-order valence-electron chi connectivity index (χ4n) is 4.80. The van der Waals surface area contributed by atoms with E-state index < -0.39 is 24.5 Å². The molecule has 0 atom stereocenters. The summed E-state index contributed by atoms with van der Waals surface area (Å²) < 4.78 is 90.7. The summed E-state index contributed by atoms with van der Waals surface area (Å²) >= 11 is 6.25. The highest BCUT2D eigenvalue weighted by molar-refractivity contribution is 6.30. The van der Waals surface area contributed by atoms with Gasteiger partial charge in [-0.2, -0.15) is 26.3 Å².